The zero-order valence-electron chi connectivity index (χ0n) is 5.63. The molecule has 0 bridgehead atoms. The summed E-state index contributed by atoms with van der Waals surface area (Å²) in [5.74, 6) is 0.206. The van der Waals surface area contributed by atoms with Crippen molar-refractivity contribution in [3.05, 3.63) is 22.3 Å². The molecular weight excluding hydrogens is 208 g/mol. The number of nitrogens with two attached hydrogens (primary N) is 2. The third-order valence-corrected chi connectivity index (χ3v) is 1.61. The molecule has 0 radical (unpaired) electrons. The Labute approximate surface area is 72.2 Å². The van der Waals surface area contributed by atoms with E-state index in [0.29, 0.717) is 5.56 Å². The van der Waals surface area contributed by atoms with Crippen LogP contribution in [-0.4, -0.2) is 10.8 Å². The molecule has 1 heterocycles. The molecule has 0 saturated heterocycles. The summed E-state index contributed by atoms with van der Waals surface area (Å²) in [7, 11) is 0. The van der Waals surface area contributed by atoms with Crippen molar-refractivity contribution in [2.45, 2.75) is 0 Å². The van der Waals surface area contributed by atoms with Crippen LogP contribution in [-0.2, 0) is 0 Å². The molecule has 4 nitrogen and oxygen atoms in total. The number of hydrogen-bond acceptors (Lipinski definition) is 3. The van der Waals surface area contributed by atoms with E-state index in [-0.39, 0.29) is 11.7 Å². The average molecular weight is 215 g/mol. The molecule has 58 valence electrons. The maximum absolute atomic E-state index is 7.11. The minimum absolute atomic E-state index is 0.0729. The van der Waals surface area contributed by atoms with Crippen LogP contribution in [0.2, 0.25) is 0 Å². The normalized spacial score (nSPS) is 9.55. The summed E-state index contributed by atoms with van der Waals surface area (Å²) in [6.07, 6.45) is 1.56. The molecular formula is C6H7BrN4. The van der Waals surface area contributed by atoms with Crippen LogP contribution >= 0.6 is 15.9 Å². The molecule has 0 fully saturated rings. The van der Waals surface area contributed by atoms with Crippen LogP contribution in [0.5, 0.6) is 0 Å². The Hall–Kier alpha value is -1.10. The Bertz CT molecular complexity index is 297. The van der Waals surface area contributed by atoms with E-state index in [2.05, 4.69) is 20.9 Å². The number of anilines is 1. The predicted molar refractivity (Wildman–Crippen MR) is 47.4 cm³/mol. The van der Waals surface area contributed by atoms with Crippen molar-refractivity contribution < 1.29 is 0 Å². The number of pyridine rings is 1. The van der Waals surface area contributed by atoms with Crippen molar-refractivity contribution in [2.24, 2.45) is 5.73 Å². The fourth-order valence-corrected chi connectivity index (χ4v) is 0.997. The highest BCUT2D eigenvalue weighted by Gasteiger charge is 2.02. The minimum atomic E-state index is -0.0729. The van der Waals surface area contributed by atoms with Crippen molar-refractivity contribution in [1.29, 1.82) is 5.41 Å². The first-order valence-electron chi connectivity index (χ1n) is 2.86. The van der Waals surface area contributed by atoms with Gasteiger partial charge in [-0.15, -0.1) is 0 Å². The first kappa shape index (κ1) is 8.00. The molecule has 1 aromatic heterocycles. The van der Waals surface area contributed by atoms with Crippen molar-refractivity contribution in [3.8, 4) is 0 Å². The molecule has 1 aromatic rings. The Morgan fingerprint density at radius 1 is 1.64 bits per heavy atom. The summed E-state index contributed by atoms with van der Waals surface area (Å²) in [5, 5.41) is 7.11. The fraction of sp³-hybridized carbons (Fsp3) is 0. The van der Waals surface area contributed by atoms with Gasteiger partial charge in [-0.05, 0) is 22.0 Å². The van der Waals surface area contributed by atoms with Crippen molar-refractivity contribution >= 4 is 27.6 Å². The number of hydrogen-bond donors (Lipinski definition) is 3. The summed E-state index contributed by atoms with van der Waals surface area (Å²) in [6, 6.07) is 1.66. The molecule has 0 atom stereocenters. The maximum atomic E-state index is 7.11. The van der Waals surface area contributed by atoms with Gasteiger partial charge in [0.2, 0.25) is 0 Å². The lowest BCUT2D eigenvalue weighted by molar-refractivity contribution is 1.29. The largest absolute Gasteiger partial charge is 0.384 e. The lowest BCUT2D eigenvalue weighted by Gasteiger charge is -2.01. The summed E-state index contributed by atoms with van der Waals surface area (Å²) in [4.78, 5) is 3.81. The molecule has 0 aromatic carbocycles. The van der Waals surface area contributed by atoms with E-state index < -0.39 is 0 Å². The molecule has 0 aliphatic rings. The van der Waals surface area contributed by atoms with Gasteiger partial charge in [0.05, 0.1) is 5.56 Å². The van der Waals surface area contributed by atoms with Crippen LogP contribution in [0.15, 0.2) is 16.7 Å². The summed E-state index contributed by atoms with van der Waals surface area (Å²) >= 11 is 3.19. The smallest absolute Gasteiger partial charge is 0.134 e. The molecule has 0 aliphatic heterocycles. The van der Waals surface area contributed by atoms with Gasteiger partial charge in [-0.2, -0.15) is 0 Å². The minimum Gasteiger partial charge on any atom is -0.384 e. The third kappa shape index (κ3) is 1.68. The lowest BCUT2D eigenvalue weighted by Crippen LogP contribution is -2.14. The maximum Gasteiger partial charge on any atom is 0.134 e. The summed E-state index contributed by atoms with van der Waals surface area (Å²) < 4.78 is 0.761. The van der Waals surface area contributed by atoms with E-state index in [1.54, 1.807) is 12.3 Å². The van der Waals surface area contributed by atoms with E-state index in [0.717, 1.165) is 4.47 Å². The monoisotopic (exact) mass is 214 g/mol. The van der Waals surface area contributed by atoms with Crippen LogP contribution in [0.25, 0.3) is 0 Å². The van der Waals surface area contributed by atoms with Gasteiger partial charge < -0.3 is 11.5 Å². The average Bonchev–Trinajstić information content (AvgIpc) is 1.94. The molecule has 0 spiro atoms. The van der Waals surface area contributed by atoms with Gasteiger partial charge in [0, 0.05) is 10.7 Å². The molecule has 0 amide bonds. The van der Waals surface area contributed by atoms with Crippen molar-refractivity contribution in [1.82, 2.24) is 4.98 Å². The number of rotatable bonds is 1. The molecule has 0 unspecified atom stereocenters. The second-order valence-electron chi connectivity index (χ2n) is 2.00. The number of amidine groups is 1. The second-order valence-corrected chi connectivity index (χ2v) is 2.92. The number of nitrogen functional groups attached to an aromatic ring is 2. The van der Waals surface area contributed by atoms with E-state index in [4.69, 9.17) is 16.9 Å². The number of halogens is 1. The highest BCUT2D eigenvalue weighted by molar-refractivity contribution is 9.10. The number of aromatic nitrogens is 1. The Morgan fingerprint density at radius 3 is 2.73 bits per heavy atom. The Morgan fingerprint density at radius 2 is 2.27 bits per heavy atom. The Kier molecular flexibility index (Phi) is 2.09. The van der Waals surface area contributed by atoms with Gasteiger partial charge in [-0.25, -0.2) is 4.98 Å². The van der Waals surface area contributed by atoms with Crippen LogP contribution in [0.1, 0.15) is 5.56 Å². The molecule has 1 rings (SSSR count). The standard InChI is InChI=1S/C6H7BrN4/c7-3-1-4(5(8)9)6(10)11-2-3/h1-2H,(H3,8,9)(H2,10,11). The fourth-order valence-electron chi connectivity index (χ4n) is 0.666. The van der Waals surface area contributed by atoms with Crippen molar-refractivity contribution in [3.63, 3.8) is 0 Å². The van der Waals surface area contributed by atoms with Crippen LogP contribution in [0.4, 0.5) is 5.82 Å². The van der Waals surface area contributed by atoms with E-state index in [1.807, 2.05) is 0 Å². The van der Waals surface area contributed by atoms with Crippen LogP contribution in [0.3, 0.4) is 0 Å². The second kappa shape index (κ2) is 2.87. The predicted octanol–water partition coefficient (Wildman–Crippen LogP) is 0.710. The van der Waals surface area contributed by atoms with Crippen molar-refractivity contribution in [2.75, 3.05) is 5.73 Å². The molecule has 0 saturated carbocycles. The lowest BCUT2D eigenvalue weighted by atomic mass is 10.2. The first-order chi connectivity index (χ1) is 5.11. The van der Waals surface area contributed by atoms with E-state index in [9.17, 15) is 0 Å². The molecule has 11 heavy (non-hydrogen) atoms. The van der Waals surface area contributed by atoms with Gasteiger partial charge in [-0.1, -0.05) is 0 Å². The van der Waals surface area contributed by atoms with Gasteiger partial charge in [-0.3, -0.25) is 5.41 Å². The zero-order valence-corrected chi connectivity index (χ0v) is 7.22. The van der Waals surface area contributed by atoms with Gasteiger partial charge >= 0.3 is 0 Å². The number of nitrogens with one attached hydrogen (secondary N) is 1. The topological polar surface area (TPSA) is 88.8 Å². The zero-order chi connectivity index (χ0) is 8.43. The van der Waals surface area contributed by atoms with E-state index >= 15 is 0 Å². The van der Waals surface area contributed by atoms with Crippen LogP contribution < -0.4 is 11.5 Å². The third-order valence-electron chi connectivity index (χ3n) is 1.18. The van der Waals surface area contributed by atoms with Crippen LogP contribution in [0, 0.1) is 5.41 Å². The Balaban J connectivity index is 3.23. The highest BCUT2D eigenvalue weighted by Crippen LogP contribution is 2.14. The molecule has 5 N–H and O–H groups in total. The van der Waals surface area contributed by atoms with Gasteiger partial charge in [0.15, 0.2) is 0 Å². The highest BCUT2D eigenvalue weighted by atomic mass is 79.9. The summed E-state index contributed by atoms with van der Waals surface area (Å²) in [5.41, 5.74) is 11.1. The molecule has 0 aliphatic carbocycles. The summed E-state index contributed by atoms with van der Waals surface area (Å²) in [6.45, 7) is 0. The van der Waals surface area contributed by atoms with Gasteiger partial charge in [0.25, 0.3) is 0 Å². The molecule has 5 heteroatoms. The first-order valence-corrected chi connectivity index (χ1v) is 3.66. The quantitative estimate of drug-likeness (QED) is 0.476. The van der Waals surface area contributed by atoms with Gasteiger partial charge in [0.1, 0.15) is 11.7 Å². The number of nitrogens with zero attached hydrogens (tertiary/aromatic N) is 1. The van der Waals surface area contributed by atoms with E-state index in [1.165, 1.54) is 0 Å². The SMILES string of the molecule is N=C(N)c1cc(Br)cnc1N.